The van der Waals surface area contributed by atoms with E-state index in [1.54, 1.807) is 36.4 Å². The van der Waals surface area contributed by atoms with Crippen LogP contribution in [0.1, 0.15) is 53.6 Å². The van der Waals surface area contributed by atoms with Crippen LogP contribution in [-0.2, 0) is 32.3 Å². The minimum Gasteiger partial charge on any atom is -0.493 e. The Balaban J connectivity index is 1.49. The molecule has 252 valence electrons. The molecule has 0 aliphatic carbocycles. The number of hydrogen-bond donors (Lipinski definition) is 2. The van der Waals surface area contributed by atoms with Gasteiger partial charge in [0.2, 0.25) is 18.4 Å². The number of sulfone groups is 1. The Morgan fingerprint density at radius 1 is 1.02 bits per heavy atom. The van der Waals surface area contributed by atoms with E-state index in [4.69, 9.17) is 18.9 Å². The number of hydrogen-bond acceptors (Lipinski definition) is 9. The maximum absolute atomic E-state index is 13.8. The molecule has 2 heterocycles. The van der Waals surface area contributed by atoms with Crippen LogP contribution in [0.15, 0.2) is 48.5 Å². The van der Waals surface area contributed by atoms with Gasteiger partial charge in [-0.3, -0.25) is 14.5 Å². The largest absolute Gasteiger partial charge is 0.493 e. The number of carboxylic acids is 1. The lowest BCUT2D eigenvalue weighted by atomic mass is 9.82. The average Bonchev–Trinajstić information content (AvgIpc) is 3.66. The van der Waals surface area contributed by atoms with Crippen LogP contribution in [0.2, 0.25) is 0 Å². The quantitative estimate of drug-likeness (QED) is 0.262. The van der Waals surface area contributed by atoms with Crippen LogP contribution in [0.5, 0.6) is 23.0 Å². The van der Waals surface area contributed by atoms with Crippen molar-refractivity contribution in [1.29, 1.82) is 0 Å². The van der Waals surface area contributed by atoms with E-state index in [2.05, 4.69) is 31.3 Å². The molecule has 3 atom stereocenters. The second kappa shape index (κ2) is 14.2. The summed E-state index contributed by atoms with van der Waals surface area (Å²) in [5, 5.41) is 13.8. The summed E-state index contributed by atoms with van der Waals surface area (Å²) >= 11 is 0. The van der Waals surface area contributed by atoms with E-state index in [1.165, 1.54) is 7.11 Å². The number of carbonyl (C=O) groups is 2. The highest BCUT2D eigenvalue weighted by Crippen LogP contribution is 2.50. The normalized spacial score (nSPS) is 19.0. The van der Waals surface area contributed by atoms with Crippen molar-refractivity contribution in [2.75, 3.05) is 50.9 Å². The van der Waals surface area contributed by atoms with Crippen molar-refractivity contribution in [3.8, 4) is 23.0 Å². The molecule has 0 radical (unpaired) electrons. The molecule has 12 heteroatoms. The van der Waals surface area contributed by atoms with Gasteiger partial charge in [0.25, 0.3) is 0 Å². The molecule has 2 aliphatic heterocycles. The first-order valence-corrected chi connectivity index (χ1v) is 17.8. The molecule has 3 aromatic rings. The Hall–Kier alpha value is -4.29. The van der Waals surface area contributed by atoms with Crippen LogP contribution in [0.3, 0.4) is 0 Å². The maximum atomic E-state index is 13.8. The summed E-state index contributed by atoms with van der Waals surface area (Å²) in [4.78, 5) is 28.8. The molecule has 2 N–H and O–H groups in total. The molecule has 47 heavy (non-hydrogen) atoms. The number of methoxy groups -OCH3 is 1. The first-order valence-electron chi connectivity index (χ1n) is 15.7. The Morgan fingerprint density at radius 2 is 1.70 bits per heavy atom. The molecule has 1 fully saturated rings. The number of anilines is 1. The van der Waals surface area contributed by atoms with Crippen LogP contribution < -0.4 is 24.3 Å². The van der Waals surface area contributed by atoms with Gasteiger partial charge in [0, 0.05) is 30.4 Å². The molecule has 0 aromatic heterocycles. The minimum absolute atomic E-state index is 0.00180. The molecule has 1 saturated heterocycles. The third kappa shape index (κ3) is 7.65. The number of ether oxygens (including phenoxy) is 4. The summed E-state index contributed by atoms with van der Waals surface area (Å²) in [6.07, 6.45) is 2.65. The Morgan fingerprint density at radius 3 is 2.30 bits per heavy atom. The van der Waals surface area contributed by atoms with E-state index >= 15 is 0 Å². The summed E-state index contributed by atoms with van der Waals surface area (Å²) in [6.45, 7) is 6.41. The molecule has 3 aromatic carbocycles. The van der Waals surface area contributed by atoms with Gasteiger partial charge in [0.1, 0.15) is 12.4 Å². The van der Waals surface area contributed by atoms with Crippen LogP contribution in [0, 0.1) is 12.8 Å². The molecule has 2 aliphatic rings. The number of carboxylic acid groups (broad SMARTS) is 1. The lowest BCUT2D eigenvalue weighted by Gasteiger charge is -2.27. The van der Waals surface area contributed by atoms with Gasteiger partial charge in [0.15, 0.2) is 21.3 Å². The number of nitrogens with zero attached hydrogens (tertiary/aromatic N) is 1. The Kier molecular flexibility index (Phi) is 10.3. The Labute approximate surface area is 275 Å². The second-order valence-corrected chi connectivity index (χ2v) is 14.3. The summed E-state index contributed by atoms with van der Waals surface area (Å²) in [7, 11) is -1.67. The smallest absolute Gasteiger partial charge is 0.309 e. The topological polar surface area (TPSA) is 141 Å². The Bertz CT molecular complexity index is 1720. The molecule has 0 spiro atoms. The van der Waals surface area contributed by atoms with Gasteiger partial charge in [-0.2, -0.15) is 0 Å². The fourth-order valence-electron chi connectivity index (χ4n) is 6.59. The zero-order valence-corrected chi connectivity index (χ0v) is 28.2. The summed E-state index contributed by atoms with van der Waals surface area (Å²) < 4.78 is 45.5. The van der Waals surface area contributed by atoms with Crippen molar-refractivity contribution in [3.05, 3.63) is 76.3 Å². The summed E-state index contributed by atoms with van der Waals surface area (Å²) in [6, 6.07) is 14.0. The number of aryl methyl sites for hydroxylation is 3. The lowest BCUT2D eigenvalue weighted by Crippen LogP contribution is -2.35. The van der Waals surface area contributed by atoms with E-state index in [9.17, 15) is 23.1 Å². The van der Waals surface area contributed by atoms with E-state index in [-0.39, 0.29) is 38.1 Å². The van der Waals surface area contributed by atoms with Gasteiger partial charge < -0.3 is 29.4 Å². The first kappa shape index (κ1) is 34.1. The number of rotatable bonds is 13. The van der Waals surface area contributed by atoms with Crippen molar-refractivity contribution in [2.24, 2.45) is 5.92 Å². The standard InChI is InChI=1S/C35H42N2O9S/c1-6-22-14-21(3)15-23(7-2)32(22)36-30(38)19-37-18-27(25-16-28(43-4)34-29(17-25)45-20-46-34)31(35(39)40)33(37)24-8-10-26(11-9-24)44-12-13-47(5,41)42/h8-11,14-17,27,31,33H,6-7,12-13,18-20H2,1-5H3,(H,36,38)(H,39,40)/t27-,31-,33+/m1/s1. The number of fused-ring (bicyclic) bond motifs is 1. The zero-order valence-electron chi connectivity index (χ0n) is 27.4. The summed E-state index contributed by atoms with van der Waals surface area (Å²) in [5.41, 5.74) is 5.43. The second-order valence-electron chi connectivity index (χ2n) is 12.1. The van der Waals surface area contributed by atoms with Crippen molar-refractivity contribution in [2.45, 2.75) is 45.6 Å². The van der Waals surface area contributed by atoms with Crippen LogP contribution >= 0.6 is 0 Å². The predicted molar refractivity (Wildman–Crippen MR) is 178 cm³/mol. The van der Waals surface area contributed by atoms with Gasteiger partial charge in [-0.05, 0) is 66.3 Å². The third-order valence-electron chi connectivity index (χ3n) is 8.76. The molecule has 11 nitrogen and oxygen atoms in total. The first-order chi connectivity index (χ1) is 22.4. The molecule has 0 unspecified atom stereocenters. The van der Waals surface area contributed by atoms with Crippen LogP contribution in [0.25, 0.3) is 0 Å². The lowest BCUT2D eigenvalue weighted by molar-refractivity contribution is -0.143. The fraction of sp³-hybridized carbons (Fsp3) is 0.429. The van der Waals surface area contributed by atoms with Crippen molar-refractivity contribution < 1.29 is 42.1 Å². The molecular formula is C35H42N2O9S. The van der Waals surface area contributed by atoms with E-state index < -0.39 is 33.7 Å². The van der Waals surface area contributed by atoms with Gasteiger partial charge in [-0.25, -0.2) is 8.42 Å². The highest BCUT2D eigenvalue weighted by Gasteiger charge is 2.48. The number of carbonyl (C=O) groups excluding carboxylic acids is 1. The fourth-order valence-corrected chi connectivity index (χ4v) is 6.97. The SMILES string of the molecule is CCc1cc(C)cc(CC)c1NC(=O)CN1C[C@H](c2cc(OC)c3c(c2)OCO3)[C@@H](C(=O)O)[C@@H]1c1ccc(OCCS(C)(=O)=O)cc1. The number of nitrogens with one attached hydrogen (secondary N) is 1. The molecule has 0 saturated carbocycles. The summed E-state index contributed by atoms with van der Waals surface area (Å²) in [5.74, 6) is -0.962. The van der Waals surface area contributed by atoms with Gasteiger partial charge >= 0.3 is 5.97 Å². The van der Waals surface area contributed by atoms with Crippen molar-refractivity contribution in [3.63, 3.8) is 0 Å². The van der Waals surface area contributed by atoms with E-state index in [0.29, 0.717) is 34.1 Å². The minimum atomic E-state index is -3.19. The zero-order chi connectivity index (χ0) is 33.9. The van der Waals surface area contributed by atoms with Gasteiger partial charge in [0.05, 0.1) is 25.3 Å². The van der Waals surface area contributed by atoms with E-state index in [1.807, 2.05) is 11.8 Å². The van der Waals surface area contributed by atoms with Crippen molar-refractivity contribution >= 4 is 27.4 Å². The average molecular weight is 667 g/mol. The highest BCUT2D eigenvalue weighted by molar-refractivity contribution is 7.90. The van der Waals surface area contributed by atoms with Gasteiger partial charge in [-0.1, -0.05) is 43.7 Å². The molecular weight excluding hydrogens is 624 g/mol. The predicted octanol–water partition coefficient (Wildman–Crippen LogP) is 4.76. The maximum Gasteiger partial charge on any atom is 0.309 e. The molecule has 1 amide bonds. The number of amides is 1. The van der Waals surface area contributed by atoms with Crippen LogP contribution in [-0.4, -0.2) is 75.9 Å². The van der Waals surface area contributed by atoms with Crippen LogP contribution in [0.4, 0.5) is 5.69 Å². The number of aliphatic carboxylic acids is 1. The molecule has 0 bridgehead atoms. The number of benzene rings is 3. The van der Waals surface area contributed by atoms with E-state index in [0.717, 1.165) is 41.5 Å². The highest BCUT2D eigenvalue weighted by atomic mass is 32.2. The third-order valence-corrected chi connectivity index (χ3v) is 9.66. The van der Waals surface area contributed by atoms with Crippen molar-refractivity contribution in [1.82, 2.24) is 4.90 Å². The van der Waals surface area contributed by atoms with Gasteiger partial charge in [-0.15, -0.1) is 0 Å². The number of likely N-dealkylation sites (tertiary alicyclic amines) is 1. The monoisotopic (exact) mass is 666 g/mol. The molecule has 5 rings (SSSR count).